The molecule has 2 bridgehead atoms. The molecule has 4 fully saturated rings. The molecule has 0 spiro atoms. The van der Waals surface area contributed by atoms with Crippen LogP contribution < -0.4 is 5.32 Å². The van der Waals surface area contributed by atoms with E-state index in [2.05, 4.69) is 16.0 Å². The van der Waals surface area contributed by atoms with Crippen molar-refractivity contribution < 1.29 is 23.1 Å². The van der Waals surface area contributed by atoms with Crippen molar-refractivity contribution in [2.24, 2.45) is 5.92 Å². The smallest absolute Gasteiger partial charge is 0.407 e. The Kier molecular flexibility index (Phi) is 8.85. The van der Waals surface area contributed by atoms with E-state index in [4.69, 9.17) is 28.2 Å². The van der Waals surface area contributed by atoms with Crippen molar-refractivity contribution >= 4 is 51.1 Å². The fraction of sp³-hybridized carbons (Fsp3) is 0.359. The summed E-state index contributed by atoms with van der Waals surface area (Å²) in [7, 11) is 3.51. The first-order chi connectivity index (χ1) is 25.0. The second kappa shape index (κ2) is 13.3. The van der Waals surface area contributed by atoms with Crippen molar-refractivity contribution in [3.05, 3.63) is 86.8 Å². The first-order valence-electron chi connectivity index (χ1n) is 17.4. The molecule has 4 aliphatic rings. The molecule has 2 aromatic heterocycles. The van der Waals surface area contributed by atoms with E-state index in [1.807, 2.05) is 12.1 Å². The van der Waals surface area contributed by atoms with Gasteiger partial charge in [0.15, 0.2) is 17.5 Å². The van der Waals surface area contributed by atoms with Gasteiger partial charge in [-0.1, -0.05) is 41.4 Å². The topological polar surface area (TPSA) is 97.4 Å². The summed E-state index contributed by atoms with van der Waals surface area (Å²) in [5.41, 5.74) is 2.20. The normalized spacial score (nSPS) is 21.0. The Hall–Kier alpha value is -4.34. The minimum Gasteiger partial charge on any atom is -0.465 e. The minimum atomic E-state index is -1.11. The quantitative estimate of drug-likeness (QED) is 0.164. The van der Waals surface area contributed by atoms with Crippen molar-refractivity contribution in [3.8, 4) is 28.5 Å². The van der Waals surface area contributed by atoms with E-state index in [-0.39, 0.29) is 75.3 Å². The van der Waals surface area contributed by atoms with Gasteiger partial charge in [0.25, 0.3) is 0 Å². The molecule has 0 unspecified atom stereocenters. The molecule has 5 aromatic rings. The van der Waals surface area contributed by atoms with Gasteiger partial charge in [0.1, 0.15) is 5.52 Å². The number of fused-ring (bicyclic) bond motifs is 4. The Balaban J connectivity index is 1.51. The maximum Gasteiger partial charge on any atom is 0.407 e. The van der Waals surface area contributed by atoms with Crippen LogP contribution in [0.25, 0.3) is 44.2 Å². The highest BCUT2D eigenvalue weighted by Gasteiger charge is 2.50. The molecule has 1 amide bonds. The third-order valence-corrected chi connectivity index (χ3v) is 11.8. The SMILES string of the molecule is CN(C)Cc1ccc(-c2nc3c(F)c(-c4cccc(Cl)c4Cl)c(CCC#N)cc3c3c2cc([C@H]2CCCN2C(=O)O)n3[C@H]2[C@H]3CN[C@@H]2C3)c(F)c1F. The average Bonchev–Trinajstić information content (AvgIpc) is 3.92. The number of aryl methyl sites for hydroxylation is 1. The van der Waals surface area contributed by atoms with Crippen molar-refractivity contribution in [1.82, 2.24) is 24.7 Å². The number of hydrogen-bond acceptors (Lipinski definition) is 5. The number of amides is 1. The number of carbonyl (C=O) groups is 1. The molecule has 1 aliphatic carbocycles. The number of rotatable bonds is 8. The fourth-order valence-corrected chi connectivity index (χ4v) is 9.09. The molecule has 0 radical (unpaired) electrons. The van der Waals surface area contributed by atoms with E-state index in [0.717, 1.165) is 13.0 Å². The average molecular weight is 748 g/mol. The highest BCUT2D eigenvalue weighted by molar-refractivity contribution is 6.43. The number of benzene rings is 3. The number of aromatic nitrogens is 2. The van der Waals surface area contributed by atoms with Gasteiger partial charge >= 0.3 is 6.09 Å². The van der Waals surface area contributed by atoms with Crippen LogP contribution in [0.5, 0.6) is 0 Å². The molecule has 3 aromatic carbocycles. The summed E-state index contributed by atoms with van der Waals surface area (Å²) in [5, 5.41) is 24.6. The number of halogens is 5. The molecule has 3 aliphatic heterocycles. The Bertz CT molecular complexity index is 2330. The largest absolute Gasteiger partial charge is 0.465 e. The lowest BCUT2D eigenvalue weighted by molar-refractivity contribution is 0.136. The van der Waals surface area contributed by atoms with Gasteiger partial charge in [-0.05, 0) is 75.5 Å². The predicted octanol–water partition coefficient (Wildman–Crippen LogP) is 9.11. The Morgan fingerprint density at radius 1 is 1.08 bits per heavy atom. The van der Waals surface area contributed by atoms with Gasteiger partial charge in [0, 0.05) is 70.8 Å². The van der Waals surface area contributed by atoms with Crippen LogP contribution in [0.2, 0.25) is 10.0 Å². The number of pyridine rings is 1. The maximum atomic E-state index is 17.5. The number of carboxylic acid groups (broad SMARTS) is 1. The zero-order valence-corrected chi connectivity index (χ0v) is 30.0. The fourth-order valence-electron chi connectivity index (χ4n) is 8.69. The molecule has 5 heterocycles. The van der Waals surface area contributed by atoms with Crippen molar-refractivity contribution in [2.45, 2.75) is 56.8 Å². The molecule has 4 atom stereocenters. The van der Waals surface area contributed by atoms with Crippen LogP contribution in [0.4, 0.5) is 18.0 Å². The van der Waals surface area contributed by atoms with Crippen LogP contribution in [0, 0.1) is 34.7 Å². The molecule has 8 nitrogen and oxygen atoms in total. The van der Waals surface area contributed by atoms with E-state index < -0.39 is 29.6 Å². The van der Waals surface area contributed by atoms with Gasteiger partial charge in [0.2, 0.25) is 0 Å². The minimum absolute atomic E-state index is 0.0432. The van der Waals surface area contributed by atoms with Gasteiger partial charge < -0.3 is 19.9 Å². The molecular weight excluding hydrogens is 712 g/mol. The van der Waals surface area contributed by atoms with Crippen LogP contribution in [-0.4, -0.2) is 63.8 Å². The summed E-state index contributed by atoms with van der Waals surface area (Å²) in [6.45, 7) is 1.29. The third-order valence-electron chi connectivity index (χ3n) is 11.0. The lowest BCUT2D eigenvalue weighted by Crippen LogP contribution is -2.40. The van der Waals surface area contributed by atoms with E-state index in [1.165, 1.54) is 17.0 Å². The zero-order valence-electron chi connectivity index (χ0n) is 28.5. The Labute approximate surface area is 308 Å². The lowest BCUT2D eigenvalue weighted by Gasteiger charge is -2.39. The summed E-state index contributed by atoms with van der Waals surface area (Å²) in [5.74, 6) is -2.63. The van der Waals surface area contributed by atoms with Crippen LogP contribution in [0.3, 0.4) is 0 Å². The first kappa shape index (κ1) is 34.7. The second-order valence-corrected chi connectivity index (χ2v) is 15.1. The first-order valence-corrected chi connectivity index (χ1v) is 18.1. The number of likely N-dealkylation sites (tertiary alicyclic amines) is 1. The van der Waals surface area contributed by atoms with Crippen molar-refractivity contribution in [3.63, 3.8) is 0 Å². The summed E-state index contributed by atoms with van der Waals surface area (Å²) < 4.78 is 51.7. The van der Waals surface area contributed by atoms with E-state index >= 15 is 13.2 Å². The van der Waals surface area contributed by atoms with E-state index in [9.17, 15) is 15.2 Å². The Morgan fingerprint density at radius 2 is 1.88 bits per heavy atom. The summed E-state index contributed by atoms with van der Waals surface area (Å²) in [6.07, 6.45) is 1.39. The van der Waals surface area contributed by atoms with E-state index in [0.29, 0.717) is 52.5 Å². The molecule has 13 heteroatoms. The van der Waals surface area contributed by atoms with Crippen LogP contribution in [0.1, 0.15) is 54.6 Å². The Morgan fingerprint density at radius 3 is 2.58 bits per heavy atom. The molecule has 3 saturated heterocycles. The standard InChI is InChI=1S/C39H35Cl2F3N6O2/c1-48(2)18-20-10-11-23(33(43)32(20)42)35-25-16-29(28-9-5-13-49(28)39(51)52)50(37-21-15-27(37)46-17-21)38(25)24-14-19(6-4-12-45)30(34(44)36(24)47-35)22-7-3-8-26(40)31(22)41/h3,7-8,10-11,14,16,21,27-28,37,46H,4-6,9,13,15,17-18H2,1-2H3,(H,51,52)/t21-,27-,28-,37+/m1/s1. The molecule has 268 valence electrons. The molecule has 2 N–H and O–H groups in total. The molecular formula is C39H35Cl2F3N6O2. The van der Waals surface area contributed by atoms with Gasteiger partial charge in [-0.25, -0.2) is 22.9 Å². The summed E-state index contributed by atoms with van der Waals surface area (Å²) in [4.78, 5) is 20.5. The third kappa shape index (κ3) is 5.42. The lowest BCUT2D eigenvalue weighted by atomic mass is 9.79. The van der Waals surface area contributed by atoms with Crippen LogP contribution in [0.15, 0.2) is 42.5 Å². The maximum absolute atomic E-state index is 17.5. The van der Waals surface area contributed by atoms with Crippen molar-refractivity contribution in [2.75, 3.05) is 27.2 Å². The second-order valence-electron chi connectivity index (χ2n) is 14.3. The zero-order chi connectivity index (χ0) is 36.6. The van der Waals surface area contributed by atoms with Gasteiger partial charge in [-0.2, -0.15) is 5.26 Å². The monoisotopic (exact) mass is 746 g/mol. The van der Waals surface area contributed by atoms with Crippen LogP contribution in [-0.2, 0) is 13.0 Å². The number of hydrogen-bond donors (Lipinski definition) is 2. The molecule has 9 rings (SSSR count). The molecule has 52 heavy (non-hydrogen) atoms. The highest BCUT2D eigenvalue weighted by Crippen LogP contribution is 2.51. The van der Waals surface area contributed by atoms with Gasteiger partial charge in [-0.15, -0.1) is 0 Å². The van der Waals surface area contributed by atoms with Crippen molar-refractivity contribution in [1.29, 1.82) is 5.26 Å². The van der Waals surface area contributed by atoms with Crippen LogP contribution >= 0.6 is 23.2 Å². The number of nitrogens with zero attached hydrogens (tertiary/aromatic N) is 5. The number of nitrogens with one attached hydrogen (secondary N) is 1. The van der Waals surface area contributed by atoms with Gasteiger partial charge in [0.05, 0.1) is 39.4 Å². The highest BCUT2D eigenvalue weighted by atomic mass is 35.5. The van der Waals surface area contributed by atoms with Gasteiger partial charge in [-0.3, -0.25) is 4.90 Å². The predicted molar refractivity (Wildman–Crippen MR) is 195 cm³/mol. The summed E-state index contributed by atoms with van der Waals surface area (Å²) >= 11 is 13.1. The number of nitriles is 1. The molecule has 1 saturated carbocycles. The summed E-state index contributed by atoms with van der Waals surface area (Å²) in [6, 6.07) is 13.2. The van der Waals surface area contributed by atoms with E-state index in [1.54, 1.807) is 37.2 Å².